The molecule has 0 bridgehead atoms. The van der Waals surface area contributed by atoms with Crippen LogP contribution in [-0.2, 0) is 0 Å². The molecule has 0 aromatic carbocycles. The topological polar surface area (TPSA) is 52.0 Å². The van der Waals surface area contributed by atoms with E-state index in [-0.39, 0.29) is 0 Å². The molecule has 0 heterocycles. The average molecular weight is 279 g/mol. The second kappa shape index (κ2) is 16.6. The quantitative estimate of drug-likeness (QED) is 0.375. The van der Waals surface area contributed by atoms with Crippen LogP contribution in [-0.4, -0.2) is 24.6 Å². The van der Waals surface area contributed by atoms with Crippen LogP contribution in [0.5, 0.6) is 0 Å². The molecule has 0 unspecified atom stereocenters. The highest BCUT2D eigenvalue weighted by atomic mass is 33.1. The maximum absolute atomic E-state index is 5.46. The van der Waals surface area contributed by atoms with Crippen molar-refractivity contribution in [2.24, 2.45) is 11.5 Å². The van der Waals surface area contributed by atoms with E-state index in [2.05, 4.69) is 0 Å². The van der Waals surface area contributed by atoms with Crippen molar-refractivity contribution >= 4 is 21.6 Å². The van der Waals surface area contributed by atoms with Gasteiger partial charge in [-0.3, -0.25) is 0 Å². The van der Waals surface area contributed by atoms with E-state index in [9.17, 15) is 0 Å². The van der Waals surface area contributed by atoms with Crippen molar-refractivity contribution in [3.05, 3.63) is 0 Å². The first-order chi connectivity index (χ1) is 8.41. The molecule has 0 saturated carbocycles. The highest BCUT2D eigenvalue weighted by Crippen LogP contribution is 2.22. The minimum Gasteiger partial charge on any atom is -0.330 e. The van der Waals surface area contributed by atoms with Gasteiger partial charge in [-0.2, -0.15) is 0 Å². The summed E-state index contributed by atoms with van der Waals surface area (Å²) in [7, 11) is 3.89. The Morgan fingerprint density at radius 1 is 0.471 bits per heavy atom. The van der Waals surface area contributed by atoms with Gasteiger partial charge in [0.05, 0.1) is 0 Å². The molecule has 2 nitrogen and oxygen atoms in total. The van der Waals surface area contributed by atoms with Crippen LogP contribution < -0.4 is 11.5 Å². The predicted molar refractivity (Wildman–Crippen MR) is 84.6 cm³/mol. The Balaban J connectivity index is 2.85. The van der Waals surface area contributed by atoms with Crippen LogP contribution in [0.2, 0.25) is 0 Å². The van der Waals surface area contributed by atoms with E-state index >= 15 is 0 Å². The lowest BCUT2D eigenvalue weighted by Crippen LogP contribution is -1.99. The lowest BCUT2D eigenvalue weighted by Gasteiger charge is -2.02. The molecule has 4 heteroatoms. The van der Waals surface area contributed by atoms with E-state index < -0.39 is 0 Å². The Bertz CT molecular complexity index is 121. The number of rotatable bonds is 14. The van der Waals surface area contributed by atoms with E-state index in [0.29, 0.717) is 0 Å². The minimum atomic E-state index is 0.807. The molecule has 0 aliphatic carbocycles. The molecule has 0 atom stereocenters. The second-order valence-electron chi connectivity index (χ2n) is 4.40. The van der Waals surface area contributed by atoms with Gasteiger partial charge in [-0.25, -0.2) is 0 Å². The number of unbranched alkanes of at least 4 members (excludes halogenated alkanes) is 8. The first kappa shape index (κ1) is 17.6. The van der Waals surface area contributed by atoms with Crippen molar-refractivity contribution in [3.63, 3.8) is 0 Å². The zero-order chi connectivity index (χ0) is 12.6. The molecule has 0 saturated heterocycles. The smallest absolute Gasteiger partial charge is 0.0160 e. The zero-order valence-corrected chi connectivity index (χ0v) is 12.8. The first-order valence-electron chi connectivity index (χ1n) is 7.06. The van der Waals surface area contributed by atoms with Gasteiger partial charge in [0.1, 0.15) is 0 Å². The normalized spacial score (nSPS) is 10.9. The van der Waals surface area contributed by atoms with Crippen molar-refractivity contribution in [2.75, 3.05) is 24.6 Å². The fourth-order valence-corrected chi connectivity index (χ4v) is 3.71. The van der Waals surface area contributed by atoms with Crippen molar-refractivity contribution in [3.8, 4) is 0 Å². The predicted octanol–water partition coefficient (Wildman–Crippen LogP) is 3.80. The summed E-state index contributed by atoms with van der Waals surface area (Å²) in [5.41, 5.74) is 10.9. The van der Waals surface area contributed by atoms with Gasteiger partial charge in [0.15, 0.2) is 0 Å². The number of nitrogens with two attached hydrogens (primary N) is 2. The fraction of sp³-hybridized carbons (Fsp3) is 1.00. The van der Waals surface area contributed by atoms with Gasteiger partial charge in [-0.15, -0.1) is 0 Å². The molecule has 0 spiro atoms. The third-order valence-electron chi connectivity index (χ3n) is 2.72. The van der Waals surface area contributed by atoms with Gasteiger partial charge in [0, 0.05) is 18.1 Å². The van der Waals surface area contributed by atoms with E-state index in [0.717, 1.165) is 18.8 Å². The highest BCUT2D eigenvalue weighted by molar-refractivity contribution is 8.76. The Morgan fingerprint density at radius 3 is 1.47 bits per heavy atom. The Morgan fingerprint density at radius 2 is 0.941 bits per heavy atom. The minimum absolute atomic E-state index is 0.807. The Hall–Kier alpha value is 0.620. The molecule has 0 fully saturated rings. The van der Waals surface area contributed by atoms with Crippen LogP contribution in [0.4, 0.5) is 0 Å². The lowest BCUT2D eigenvalue weighted by atomic mass is 10.1. The standard InChI is InChI=1S/C13H30N2S2/c14-10-8-6-4-2-1-3-5-7-9-12-16-17-13-11-15/h1-15H2. The van der Waals surface area contributed by atoms with Crippen LogP contribution in [0.3, 0.4) is 0 Å². The van der Waals surface area contributed by atoms with Crippen molar-refractivity contribution in [2.45, 2.75) is 57.8 Å². The Kier molecular flexibility index (Phi) is 17.2. The van der Waals surface area contributed by atoms with Crippen molar-refractivity contribution in [1.29, 1.82) is 0 Å². The van der Waals surface area contributed by atoms with Gasteiger partial charge >= 0.3 is 0 Å². The van der Waals surface area contributed by atoms with Crippen molar-refractivity contribution < 1.29 is 0 Å². The molecule has 0 aliphatic heterocycles. The molecular weight excluding hydrogens is 248 g/mol. The van der Waals surface area contributed by atoms with Crippen LogP contribution in [0.25, 0.3) is 0 Å². The second-order valence-corrected chi connectivity index (χ2v) is 7.11. The maximum Gasteiger partial charge on any atom is 0.0160 e. The highest BCUT2D eigenvalue weighted by Gasteiger charge is 1.93. The first-order valence-corrected chi connectivity index (χ1v) is 9.55. The van der Waals surface area contributed by atoms with E-state index in [1.165, 1.54) is 63.5 Å². The van der Waals surface area contributed by atoms with Crippen molar-refractivity contribution in [1.82, 2.24) is 0 Å². The summed E-state index contributed by atoms with van der Waals surface area (Å²) in [4.78, 5) is 0. The summed E-state index contributed by atoms with van der Waals surface area (Å²) >= 11 is 0. The summed E-state index contributed by atoms with van der Waals surface area (Å²) in [6.45, 7) is 1.67. The largest absolute Gasteiger partial charge is 0.330 e. The molecule has 4 N–H and O–H groups in total. The number of hydrogen-bond acceptors (Lipinski definition) is 4. The summed E-state index contributed by atoms with van der Waals surface area (Å²) in [5.74, 6) is 2.38. The molecule has 104 valence electrons. The van der Waals surface area contributed by atoms with Gasteiger partial charge in [-0.1, -0.05) is 66.5 Å². The van der Waals surface area contributed by atoms with Gasteiger partial charge < -0.3 is 11.5 Å². The SMILES string of the molecule is NCCCCCCCCCCCSSCCN. The average Bonchev–Trinajstić information content (AvgIpc) is 2.35. The molecule has 0 aromatic heterocycles. The molecule has 0 rings (SSSR count). The van der Waals surface area contributed by atoms with E-state index in [4.69, 9.17) is 11.5 Å². The van der Waals surface area contributed by atoms with Crippen LogP contribution in [0.15, 0.2) is 0 Å². The van der Waals surface area contributed by atoms with Crippen LogP contribution in [0, 0.1) is 0 Å². The van der Waals surface area contributed by atoms with Gasteiger partial charge in [0.2, 0.25) is 0 Å². The van der Waals surface area contributed by atoms with E-state index in [1.807, 2.05) is 21.6 Å². The fourth-order valence-electron chi connectivity index (χ4n) is 1.71. The van der Waals surface area contributed by atoms with Crippen LogP contribution in [0.1, 0.15) is 57.8 Å². The van der Waals surface area contributed by atoms with Crippen LogP contribution >= 0.6 is 21.6 Å². The molecule has 0 radical (unpaired) electrons. The monoisotopic (exact) mass is 278 g/mol. The Labute approximate surface area is 115 Å². The maximum atomic E-state index is 5.46. The summed E-state index contributed by atoms with van der Waals surface area (Å²) in [5, 5.41) is 0. The summed E-state index contributed by atoms with van der Waals surface area (Å²) in [6.07, 6.45) is 12.3. The third kappa shape index (κ3) is 16.6. The third-order valence-corrected chi connectivity index (χ3v) is 5.24. The molecule has 17 heavy (non-hydrogen) atoms. The molecule has 0 aromatic rings. The summed E-state index contributed by atoms with van der Waals surface area (Å²) in [6, 6.07) is 0. The molecule has 0 amide bonds. The number of hydrogen-bond donors (Lipinski definition) is 2. The van der Waals surface area contributed by atoms with Gasteiger partial charge in [-0.05, 0) is 19.4 Å². The van der Waals surface area contributed by atoms with Gasteiger partial charge in [0.25, 0.3) is 0 Å². The summed E-state index contributed by atoms with van der Waals surface area (Å²) < 4.78 is 0. The molecule has 0 aliphatic rings. The van der Waals surface area contributed by atoms with E-state index in [1.54, 1.807) is 0 Å². The zero-order valence-electron chi connectivity index (χ0n) is 11.2. The molecular formula is C13H30N2S2. The lowest BCUT2D eigenvalue weighted by molar-refractivity contribution is 0.568.